The predicted octanol–water partition coefficient (Wildman–Crippen LogP) is 4.04. The minimum absolute atomic E-state index is 0.177. The van der Waals surface area contributed by atoms with Gasteiger partial charge in [0.1, 0.15) is 12.1 Å². The minimum Gasteiger partial charge on any atom is -0.323 e. The van der Waals surface area contributed by atoms with Crippen molar-refractivity contribution in [2.75, 3.05) is 32.4 Å². The molecule has 3 heterocycles. The highest BCUT2D eigenvalue weighted by Gasteiger charge is 2.58. The molecule has 2 spiro atoms. The average Bonchev–Trinajstić information content (AvgIpc) is 3.44. The molecule has 5 fully saturated rings. The number of aromatic nitrogens is 3. The second kappa shape index (κ2) is 7.52. The lowest BCUT2D eigenvalue weighted by atomic mass is 9.56. The third kappa shape index (κ3) is 3.74. The van der Waals surface area contributed by atoms with Gasteiger partial charge in [-0.3, -0.25) is 0 Å². The maximum Gasteiger partial charge on any atom is 0.320 e. The van der Waals surface area contributed by atoms with E-state index >= 15 is 0 Å². The first-order chi connectivity index (χ1) is 17.1. The fourth-order valence-electron chi connectivity index (χ4n) is 7.31. The van der Waals surface area contributed by atoms with Gasteiger partial charge in [0.15, 0.2) is 5.82 Å². The summed E-state index contributed by atoms with van der Waals surface area (Å²) >= 11 is 0. The second-order valence-electron chi connectivity index (χ2n) is 12.5. The van der Waals surface area contributed by atoms with E-state index in [2.05, 4.69) is 10.1 Å². The van der Waals surface area contributed by atoms with Crippen molar-refractivity contribution >= 4 is 15.8 Å². The zero-order valence-corrected chi connectivity index (χ0v) is 21.5. The summed E-state index contributed by atoms with van der Waals surface area (Å²) in [5, 5.41) is 4.68. The molecule has 2 aromatic rings. The van der Waals surface area contributed by atoms with Crippen molar-refractivity contribution in [3.63, 3.8) is 0 Å². The topological polar surface area (TPSA) is 95.2 Å². The second-order valence-corrected chi connectivity index (χ2v) is 14.6. The van der Waals surface area contributed by atoms with E-state index in [0.29, 0.717) is 22.8 Å². The van der Waals surface area contributed by atoms with E-state index in [-0.39, 0.29) is 16.9 Å². The molecule has 3 saturated carbocycles. The molecule has 0 radical (unpaired) electrons. The van der Waals surface area contributed by atoms with E-state index in [1.807, 2.05) is 20.8 Å². The Labute approximate surface area is 211 Å². The summed E-state index contributed by atoms with van der Waals surface area (Å²) in [6.45, 7) is 3.35. The molecule has 192 valence electrons. The number of nitrogens with one attached hydrogen (secondary N) is 1. The number of rotatable bonds is 5. The lowest BCUT2D eigenvalue weighted by Gasteiger charge is -2.63. The molecule has 7 rings (SSSR count). The van der Waals surface area contributed by atoms with Gasteiger partial charge in [-0.25, -0.2) is 27.8 Å². The van der Waals surface area contributed by atoms with Crippen LogP contribution in [0.1, 0.15) is 61.9 Å². The van der Waals surface area contributed by atoms with Crippen molar-refractivity contribution in [1.82, 2.24) is 24.6 Å². The molecule has 1 aromatic heterocycles. The van der Waals surface area contributed by atoms with Crippen molar-refractivity contribution in [2.45, 2.75) is 61.8 Å². The lowest BCUT2D eigenvalue weighted by molar-refractivity contribution is -0.107. The van der Waals surface area contributed by atoms with Crippen LogP contribution in [0.25, 0.3) is 0 Å². The molecule has 5 aliphatic rings. The van der Waals surface area contributed by atoms with E-state index < -0.39 is 15.5 Å². The first-order valence-electron chi connectivity index (χ1n) is 13.1. The van der Waals surface area contributed by atoms with Crippen LogP contribution in [-0.2, 0) is 16.1 Å². The van der Waals surface area contributed by atoms with Gasteiger partial charge in [-0.2, -0.15) is 5.10 Å². The Hall–Kier alpha value is -2.49. The maximum absolute atomic E-state index is 13.7. The number of benzene rings is 1. The Morgan fingerprint density at radius 1 is 1.11 bits per heavy atom. The number of nitrogens with zero attached hydrogens (tertiary/aromatic N) is 5. The van der Waals surface area contributed by atoms with E-state index in [9.17, 15) is 13.4 Å². The van der Waals surface area contributed by atoms with Crippen molar-refractivity contribution in [3.05, 3.63) is 41.7 Å². The molecule has 1 atom stereocenters. The highest BCUT2D eigenvalue weighted by Crippen LogP contribution is 2.56. The quantitative estimate of drug-likeness (QED) is 0.654. The van der Waals surface area contributed by atoms with Crippen LogP contribution in [0.15, 0.2) is 29.4 Å². The Kier molecular flexibility index (Phi) is 4.74. The van der Waals surface area contributed by atoms with Crippen LogP contribution in [0, 0.1) is 27.3 Å². The fraction of sp³-hybridized carbons (Fsp3) is 0.654. The number of likely N-dealkylation sites (tertiary alicyclic amines) is 2. The van der Waals surface area contributed by atoms with Gasteiger partial charge >= 0.3 is 6.03 Å². The molecular weight excluding hydrogens is 479 g/mol. The van der Waals surface area contributed by atoms with Crippen LogP contribution in [0.5, 0.6) is 0 Å². The smallest absolute Gasteiger partial charge is 0.320 e. The molecule has 2 saturated heterocycles. The molecular formula is C26H33FN6O2S. The van der Waals surface area contributed by atoms with Crippen LogP contribution in [0.3, 0.4) is 0 Å². The highest BCUT2D eigenvalue weighted by molar-refractivity contribution is 7.91. The summed E-state index contributed by atoms with van der Waals surface area (Å²) in [6.07, 6.45) is 10.6. The minimum atomic E-state index is -2.96. The van der Waals surface area contributed by atoms with Gasteiger partial charge in [-0.15, -0.1) is 0 Å². The molecule has 1 N–H and O–H groups in total. The summed E-state index contributed by atoms with van der Waals surface area (Å²) < 4.78 is 35.9. The molecule has 8 nitrogen and oxygen atoms in total. The largest absolute Gasteiger partial charge is 0.323 e. The van der Waals surface area contributed by atoms with E-state index in [1.54, 1.807) is 6.07 Å². The SMILES string of the molecule is CS(=N)(=O)c1cc(F)ccc1CC1CC2(C1)CN(C(=O)N1CC3(CC(n4cnc(C5CC5)n4)C3)C1)C2. The molecule has 0 bridgehead atoms. The Morgan fingerprint density at radius 3 is 2.36 bits per heavy atom. The first kappa shape index (κ1) is 22.7. The standard InChI is InChI=1S/C26H33FN6O2S/c1-36(28,35)22-7-20(27)5-4-19(22)6-17-8-25(9-17)12-31(13-25)24(34)32-14-26(15-32)10-21(11-26)33-16-29-23(30-33)18-2-3-18/h4-5,7,16-18,21,28H,2-3,6,8-15H2,1H3. The number of amides is 2. The number of carbonyl (C=O) groups is 1. The predicted molar refractivity (Wildman–Crippen MR) is 132 cm³/mol. The fourth-order valence-corrected chi connectivity index (χ4v) is 8.30. The first-order valence-corrected chi connectivity index (χ1v) is 15.0. The number of halogens is 1. The van der Waals surface area contributed by atoms with Gasteiger partial charge in [0, 0.05) is 49.2 Å². The van der Waals surface area contributed by atoms with Crippen LogP contribution in [-0.4, -0.2) is 67.2 Å². The molecule has 10 heteroatoms. The normalized spacial score (nSPS) is 26.2. The number of carbonyl (C=O) groups excluding carboxylic acids is 1. The summed E-state index contributed by atoms with van der Waals surface area (Å²) in [5.41, 5.74) is 1.31. The van der Waals surface area contributed by atoms with Crippen molar-refractivity contribution in [3.8, 4) is 0 Å². The monoisotopic (exact) mass is 512 g/mol. The van der Waals surface area contributed by atoms with Crippen molar-refractivity contribution < 1.29 is 13.4 Å². The maximum atomic E-state index is 13.7. The third-order valence-electron chi connectivity index (χ3n) is 9.23. The zero-order valence-electron chi connectivity index (χ0n) is 20.7. The summed E-state index contributed by atoms with van der Waals surface area (Å²) in [7, 11) is -2.96. The number of hydrogen-bond acceptors (Lipinski definition) is 5. The highest BCUT2D eigenvalue weighted by atomic mass is 32.2. The van der Waals surface area contributed by atoms with E-state index in [1.165, 1.54) is 31.2 Å². The van der Waals surface area contributed by atoms with Crippen LogP contribution < -0.4 is 0 Å². The summed E-state index contributed by atoms with van der Waals surface area (Å²) in [6, 6.07) is 4.94. The molecule has 1 unspecified atom stereocenters. The molecule has 2 amide bonds. The summed E-state index contributed by atoms with van der Waals surface area (Å²) in [4.78, 5) is 21.8. The Balaban J connectivity index is 0.871. The third-order valence-corrected chi connectivity index (χ3v) is 10.4. The van der Waals surface area contributed by atoms with Crippen molar-refractivity contribution in [2.24, 2.45) is 16.7 Å². The van der Waals surface area contributed by atoms with Gasteiger partial charge in [0.05, 0.1) is 20.7 Å². The van der Waals surface area contributed by atoms with Gasteiger partial charge in [0.2, 0.25) is 0 Å². The molecule has 3 aliphatic carbocycles. The van der Waals surface area contributed by atoms with Crippen LogP contribution >= 0.6 is 0 Å². The van der Waals surface area contributed by atoms with Gasteiger partial charge < -0.3 is 9.80 Å². The Morgan fingerprint density at radius 2 is 1.75 bits per heavy atom. The molecule has 36 heavy (non-hydrogen) atoms. The van der Waals surface area contributed by atoms with E-state index in [4.69, 9.17) is 4.78 Å². The Bertz CT molecular complexity index is 1320. The average molecular weight is 513 g/mol. The lowest BCUT2D eigenvalue weighted by Crippen LogP contribution is -2.71. The number of urea groups is 1. The van der Waals surface area contributed by atoms with Crippen molar-refractivity contribution in [1.29, 1.82) is 4.78 Å². The van der Waals surface area contributed by atoms with Gasteiger partial charge in [0.25, 0.3) is 0 Å². The number of hydrogen-bond donors (Lipinski definition) is 1. The molecule has 1 aromatic carbocycles. The van der Waals surface area contributed by atoms with Crippen LogP contribution in [0.2, 0.25) is 0 Å². The zero-order chi connectivity index (χ0) is 24.9. The molecule has 2 aliphatic heterocycles. The van der Waals surface area contributed by atoms with Gasteiger partial charge in [-0.1, -0.05) is 6.07 Å². The van der Waals surface area contributed by atoms with Crippen LogP contribution in [0.4, 0.5) is 9.18 Å². The van der Waals surface area contributed by atoms with Gasteiger partial charge in [-0.05, 0) is 68.6 Å². The van der Waals surface area contributed by atoms with E-state index in [0.717, 1.165) is 69.7 Å². The summed E-state index contributed by atoms with van der Waals surface area (Å²) in [5.74, 6) is 1.58.